The van der Waals surface area contributed by atoms with Gasteiger partial charge < -0.3 is 5.11 Å². The number of aliphatic hydroxyl groups is 1. The van der Waals surface area contributed by atoms with Gasteiger partial charge in [0.1, 0.15) is 0 Å². The Labute approximate surface area is 78.0 Å². The molecule has 2 heteroatoms. The van der Waals surface area contributed by atoms with E-state index < -0.39 is 0 Å². The van der Waals surface area contributed by atoms with Gasteiger partial charge >= 0.3 is 0 Å². The first-order chi connectivity index (χ1) is 6.11. The third-order valence-electron chi connectivity index (χ3n) is 2.04. The highest BCUT2D eigenvalue weighted by atomic mass is 16.2. The predicted molar refractivity (Wildman–Crippen MR) is 51.0 cm³/mol. The summed E-state index contributed by atoms with van der Waals surface area (Å²) >= 11 is 0. The second kappa shape index (κ2) is 3.49. The molecule has 0 saturated carbocycles. The summed E-state index contributed by atoms with van der Waals surface area (Å²) in [6.45, 7) is 3.70. The SMILES string of the molecule is CC#CC1(C)C=CC(=O)/C(=C\O)C1. The van der Waals surface area contributed by atoms with Gasteiger partial charge in [-0.05, 0) is 26.3 Å². The van der Waals surface area contributed by atoms with E-state index in [4.69, 9.17) is 5.11 Å². The van der Waals surface area contributed by atoms with Gasteiger partial charge in [-0.2, -0.15) is 0 Å². The summed E-state index contributed by atoms with van der Waals surface area (Å²) in [4.78, 5) is 11.2. The van der Waals surface area contributed by atoms with Crippen molar-refractivity contribution >= 4 is 5.78 Å². The molecule has 13 heavy (non-hydrogen) atoms. The van der Waals surface area contributed by atoms with Gasteiger partial charge in [-0.15, -0.1) is 5.92 Å². The molecule has 68 valence electrons. The third-order valence-corrected chi connectivity index (χ3v) is 2.04. The van der Waals surface area contributed by atoms with Gasteiger partial charge in [-0.1, -0.05) is 12.0 Å². The second-order valence-electron chi connectivity index (χ2n) is 3.32. The second-order valence-corrected chi connectivity index (χ2v) is 3.32. The Morgan fingerprint density at radius 2 is 2.38 bits per heavy atom. The van der Waals surface area contributed by atoms with Crippen LogP contribution in [0.4, 0.5) is 0 Å². The molecule has 0 aromatic carbocycles. The Morgan fingerprint density at radius 3 is 2.92 bits per heavy atom. The van der Waals surface area contributed by atoms with E-state index >= 15 is 0 Å². The van der Waals surface area contributed by atoms with Gasteiger partial charge in [0.2, 0.25) is 0 Å². The van der Waals surface area contributed by atoms with Crippen LogP contribution in [-0.2, 0) is 4.79 Å². The molecule has 1 rings (SSSR count). The average molecular weight is 176 g/mol. The maximum atomic E-state index is 11.2. The summed E-state index contributed by atoms with van der Waals surface area (Å²) in [6.07, 6.45) is 4.62. The van der Waals surface area contributed by atoms with Crippen LogP contribution >= 0.6 is 0 Å². The van der Waals surface area contributed by atoms with Gasteiger partial charge in [0.25, 0.3) is 0 Å². The summed E-state index contributed by atoms with van der Waals surface area (Å²) < 4.78 is 0. The Hall–Kier alpha value is -1.49. The zero-order valence-electron chi connectivity index (χ0n) is 7.79. The summed E-state index contributed by atoms with van der Waals surface area (Å²) in [5.74, 6) is 5.69. The lowest BCUT2D eigenvalue weighted by molar-refractivity contribution is -0.112. The lowest BCUT2D eigenvalue weighted by Crippen LogP contribution is -2.19. The number of allylic oxidation sites excluding steroid dienone is 3. The standard InChI is InChI=1S/C11H12O2/c1-3-5-11(2)6-4-10(13)9(7-11)8-12/h4,6,8,12H,7H2,1-2H3/b9-8-. The van der Waals surface area contributed by atoms with E-state index in [-0.39, 0.29) is 11.2 Å². The molecular formula is C11H12O2. The fourth-order valence-corrected chi connectivity index (χ4v) is 1.39. The number of ketones is 1. The fourth-order valence-electron chi connectivity index (χ4n) is 1.39. The molecule has 1 atom stereocenters. The van der Waals surface area contributed by atoms with Crippen molar-refractivity contribution in [3.63, 3.8) is 0 Å². The maximum Gasteiger partial charge on any atom is 0.184 e. The Bertz CT molecular complexity index is 339. The molecule has 0 fully saturated rings. The van der Waals surface area contributed by atoms with Crippen LogP contribution < -0.4 is 0 Å². The van der Waals surface area contributed by atoms with Crippen molar-refractivity contribution in [3.05, 3.63) is 24.0 Å². The zero-order chi connectivity index (χ0) is 9.90. The van der Waals surface area contributed by atoms with E-state index in [0.717, 1.165) is 6.26 Å². The summed E-state index contributed by atoms with van der Waals surface area (Å²) in [5, 5.41) is 8.80. The van der Waals surface area contributed by atoms with E-state index in [2.05, 4.69) is 11.8 Å². The molecule has 0 heterocycles. The van der Waals surface area contributed by atoms with Gasteiger partial charge in [0.05, 0.1) is 11.7 Å². The van der Waals surface area contributed by atoms with E-state index in [0.29, 0.717) is 12.0 Å². The molecule has 0 aliphatic heterocycles. The number of aliphatic hydroxyl groups excluding tert-OH is 1. The van der Waals surface area contributed by atoms with Gasteiger partial charge in [0, 0.05) is 5.57 Å². The number of hydrogen-bond donors (Lipinski definition) is 1. The van der Waals surface area contributed by atoms with Gasteiger partial charge in [0.15, 0.2) is 5.78 Å². The largest absolute Gasteiger partial charge is 0.515 e. The van der Waals surface area contributed by atoms with E-state index in [1.165, 1.54) is 6.08 Å². The molecule has 0 spiro atoms. The molecule has 0 bridgehead atoms. The quantitative estimate of drug-likeness (QED) is 0.348. The molecule has 0 amide bonds. The average Bonchev–Trinajstić information content (AvgIpc) is 2.10. The fraction of sp³-hybridized carbons (Fsp3) is 0.364. The minimum absolute atomic E-state index is 0.127. The normalized spacial score (nSPS) is 30.0. The number of carbonyl (C=O) groups is 1. The van der Waals surface area contributed by atoms with Crippen molar-refractivity contribution in [1.82, 2.24) is 0 Å². The third kappa shape index (κ3) is 2.00. The number of rotatable bonds is 0. The van der Waals surface area contributed by atoms with Crippen LogP contribution in [0.15, 0.2) is 24.0 Å². The molecule has 0 aromatic rings. The monoisotopic (exact) mass is 176 g/mol. The van der Waals surface area contributed by atoms with Crippen molar-refractivity contribution in [2.75, 3.05) is 0 Å². The Balaban J connectivity index is 3.02. The van der Waals surface area contributed by atoms with Crippen LogP contribution in [0.5, 0.6) is 0 Å². The van der Waals surface area contributed by atoms with Crippen LogP contribution in [0, 0.1) is 17.3 Å². The Kier molecular flexibility index (Phi) is 2.57. The molecule has 0 radical (unpaired) electrons. The van der Waals surface area contributed by atoms with E-state index in [1.807, 2.05) is 6.92 Å². The van der Waals surface area contributed by atoms with Crippen molar-refractivity contribution in [3.8, 4) is 11.8 Å². The zero-order valence-corrected chi connectivity index (χ0v) is 7.79. The van der Waals surface area contributed by atoms with Crippen molar-refractivity contribution in [2.24, 2.45) is 5.41 Å². The van der Waals surface area contributed by atoms with Crippen molar-refractivity contribution in [2.45, 2.75) is 20.3 Å². The predicted octanol–water partition coefficient (Wildman–Crippen LogP) is 1.99. The lowest BCUT2D eigenvalue weighted by Gasteiger charge is -2.23. The Morgan fingerprint density at radius 1 is 1.69 bits per heavy atom. The van der Waals surface area contributed by atoms with Crippen LogP contribution in [0.2, 0.25) is 0 Å². The van der Waals surface area contributed by atoms with E-state index in [9.17, 15) is 4.79 Å². The van der Waals surface area contributed by atoms with E-state index in [1.54, 1.807) is 13.0 Å². The number of hydrogen-bond acceptors (Lipinski definition) is 2. The van der Waals surface area contributed by atoms with Crippen molar-refractivity contribution in [1.29, 1.82) is 0 Å². The van der Waals surface area contributed by atoms with Gasteiger partial charge in [-0.3, -0.25) is 4.79 Å². The van der Waals surface area contributed by atoms with Gasteiger partial charge in [-0.25, -0.2) is 0 Å². The highest BCUT2D eigenvalue weighted by Gasteiger charge is 2.27. The first kappa shape index (κ1) is 9.60. The smallest absolute Gasteiger partial charge is 0.184 e. The van der Waals surface area contributed by atoms with Crippen LogP contribution in [0.3, 0.4) is 0 Å². The molecule has 1 aliphatic carbocycles. The molecule has 1 aliphatic rings. The minimum Gasteiger partial charge on any atom is -0.515 e. The number of carbonyl (C=O) groups excluding carboxylic acids is 1. The van der Waals surface area contributed by atoms with Crippen LogP contribution in [0.1, 0.15) is 20.3 Å². The van der Waals surface area contributed by atoms with Crippen LogP contribution in [0.25, 0.3) is 0 Å². The summed E-state index contributed by atoms with van der Waals surface area (Å²) in [6, 6.07) is 0. The molecule has 1 unspecified atom stereocenters. The molecule has 0 aromatic heterocycles. The minimum atomic E-state index is -0.308. The molecule has 0 saturated heterocycles. The highest BCUT2D eigenvalue weighted by Crippen LogP contribution is 2.31. The summed E-state index contributed by atoms with van der Waals surface area (Å²) in [5.41, 5.74) is 0.116. The molecule has 2 nitrogen and oxygen atoms in total. The summed E-state index contributed by atoms with van der Waals surface area (Å²) in [7, 11) is 0. The first-order valence-electron chi connectivity index (χ1n) is 4.12. The molecule has 1 N–H and O–H groups in total. The maximum absolute atomic E-state index is 11.2. The lowest BCUT2D eigenvalue weighted by atomic mass is 9.79. The van der Waals surface area contributed by atoms with Crippen molar-refractivity contribution < 1.29 is 9.90 Å². The highest BCUT2D eigenvalue weighted by molar-refractivity contribution is 6.05. The topological polar surface area (TPSA) is 37.3 Å². The first-order valence-corrected chi connectivity index (χ1v) is 4.12. The molecular weight excluding hydrogens is 164 g/mol. The van der Waals surface area contributed by atoms with Crippen LogP contribution in [-0.4, -0.2) is 10.9 Å².